The van der Waals surface area contributed by atoms with Gasteiger partial charge in [0, 0.05) is 26.7 Å². The molecule has 0 aromatic rings. The third-order valence-corrected chi connectivity index (χ3v) is 2.00. The average molecular weight is 234 g/mol. The summed E-state index contributed by atoms with van der Waals surface area (Å²) < 4.78 is 4.75. The molecule has 0 aliphatic carbocycles. The minimum Gasteiger partial charge on any atom is -0.480 e. The molecule has 94 valence electrons. The zero-order valence-electron chi connectivity index (χ0n) is 9.18. The van der Waals surface area contributed by atoms with Crippen molar-refractivity contribution in [2.24, 2.45) is 5.73 Å². The zero-order chi connectivity index (χ0) is 12.6. The fourth-order valence-corrected chi connectivity index (χ4v) is 1.04. The van der Waals surface area contributed by atoms with Gasteiger partial charge in [-0.3, -0.25) is 4.79 Å². The number of aliphatic hydroxyl groups excluding tert-OH is 1. The van der Waals surface area contributed by atoms with Gasteiger partial charge in [-0.2, -0.15) is 0 Å². The van der Waals surface area contributed by atoms with Crippen LogP contribution >= 0.6 is 0 Å². The lowest BCUT2D eigenvalue weighted by atomic mass is 10.1. The molecule has 0 aliphatic heterocycles. The minimum atomic E-state index is -1.19. The lowest BCUT2D eigenvalue weighted by molar-refractivity contribution is -0.142. The Morgan fingerprint density at radius 3 is 2.50 bits per heavy atom. The van der Waals surface area contributed by atoms with Crippen LogP contribution in [0.25, 0.3) is 0 Å². The van der Waals surface area contributed by atoms with Crippen molar-refractivity contribution in [3.05, 3.63) is 0 Å². The van der Waals surface area contributed by atoms with E-state index >= 15 is 0 Å². The van der Waals surface area contributed by atoms with E-state index in [0.717, 1.165) is 0 Å². The first kappa shape index (κ1) is 14.8. The van der Waals surface area contributed by atoms with Gasteiger partial charge in [-0.15, -0.1) is 0 Å². The van der Waals surface area contributed by atoms with Crippen LogP contribution in [0.5, 0.6) is 0 Å². The van der Waals surface area contributed by atoms with Gasteiger partial charge in [-0.05, 0) is 6.42 Å². The maximum atomic E-state index is 11.4. The maximum absolute atomic E-state index is 11.4. The van der Waals surface area contributed by atoms with Gasteiger partial charge < -0.3 is 26.0 Å². The van der Waals surface area contributed by atoms with Gasteiger partial charge >= 0.3 is 5.97 Å². The summed E-state index contributed by atoms with van der Waals surface area (Å²) in [5.41, 5.74) is 5.50. The average Bonchev–Trinajstić information content (AvgIpc) is 2.24. The summed E-state index contributed by atoms with van der Waals surface area (Å²) in [5, 5.41) is 19.6. The Bertz CT molecular complexity index is 234. The van der Waals surface area contributed by atoms with E-state index in [1.165, 1.54) is 7.11 Å². The van der Waals surface area contributed by atoms with E-state index in [2.05, 4.69) is 5.32 Å². The monoisotopic (exact) mass is 234 g/mol. The number of hydrogen-bond donors (Lipinski definition) is 4. The normalized spacial score (nSPS) is 14.2. The first-order valence-electron chi connectivity index (χ1n) is 4.91. The standard InChI is InChI=1S/C9H18N2O5/c1-16-5-3-6(10)8(13)11-7(2-4-12)9(14)15/h6-7,12H,2-5,10H2,1H3,(H,11,13)(H,14,15)/t6?,7-/m1/s1. The van der Waals surface area contributed by atoms with E-state index in [4.69, 9.17) is 20.7 Å². The van der Waals surface area contributed by atoms with E-state index in [0.29, 0.717) is 13.0 Å². The number of nitrogens with one attached hydrogen (secondary N) is 1. The van der Waals surface area contributed by atoms with Gasteiger partial charge in [0.25, 0.3) is 0 Å². The Labute approximate surface area is 93.6 Å². The molecule has 2 atom stereocenters. The van der Waals surface area contributed by atoms with Gasteiger partial charge in [-0.1, -0.05) is 0 Å². The molecule has 1 amide bonds. The molecule has 0 saturated heterocycles. The fourth-order valence-electron chi connectivity index (χ4n) is 1.04. The summed E-state index contributed by atoms with van der Waals surface area (Å²) >= 11 is 0. The quantitative estimate of drug-likeness (QED) is 0.397. The lowest BCUT2D eigenvalue weighted by Crippen LogP contribution is -2.49. The zero-order valence-corrected chi connectivity index (χ0v) is 9.18. The van der Waals surface area contributed by atoms with Crippen LogP contribution in [0, 0.1) is 0 Å². The van der Waals surface area contributed by atoms with Crippen molar-refractivity contribution in [2.45, 2.75) is 24.9 Å². The highest BCUT2D eigenvalue weighted by atomic mass is 16.5. The van der Waals surface area contributed by atoms with Gasteiger partial charge in [0.05, 0.1) is 6.04 Å². The van der Waals surface area contributed by atoms with E-state index in [9.17, 15) is 9.59 Å². The number of carboxylic acids is 1. The number of carbonyl (C=O) groups excluding carboxylic acids is 1. The van der Waals surface area contributed by atoms with Crippen LogP contribution in [0.2, 0.25) is 0 Å². The maximum Gasteiger partial charge on any atom is 0.326 e. The smallest absolute Gasteiger partial charge is 0.326 e. The third kappa shape index (κ3) is 5.64. The molecule has 7 nitrogen and oxygen atoms in total. The van der Waals surface area contributed by atoms with Crippen LogP contribution in [0.15, 0.2) is 0 Å². The number of hydrogen-bond acceptors (Lipinski definition) is 5. The van der Waals surface area contributed by atoms with E-state index in [1.54, 1.807) is 0 Å². The summed E-state index contributed by atoms with van der Waals surface area (Å²) in [5.74, 6) is -1.75. The van der Waals surface area contributed by atoms with Crippen molar-refractivity contribution in [1.29, 1.82) is 0 Å². The topological polar surface area (TPSA) is 122 Å². The predicted octanol–water partition coefficient (Wildman–Crippen LogP) is -1.70. The Balaban J connectivity index is 4.12. The van der Waals surface area contributed by atoms with Crippen molar-refractivity contribution < 1.29 is 24.5 Å². The molecule has 0 spiro atoms. The number of carbonyl (C=O) groups is 2. The summed E-state index contributed by atoms with van der Waals surface area (Å²) in [6.45, 7) is 0.0108. The second-order valence-corrected chi connectivity index (χ2v) is 3.30. The van der Waals surface area contributed by atoms with Crippen LogP contribution in [0.1, 0.15) is 12.8 Å². The molecule has 0 bridgehead atoms. The largest absolute Gasteiger partial charge is 0.480 e. The predicted molar refractivity (Wildman–Crippen MR) is 55.7 cm³/mol. The Morgan fingerprint density at radius 1 is 1.44 bits per heavy atom. The molecule has 0 saturated carbocycles. The number of methoxy groups -OCH3 is 1. The van der Waals surface area contributed by atoms with Crippen LogP contribution in [0.4, 0.5) is 0 Å². The summed E-state index contributed by atoms with van der Waals surface area (Å²) in [7, 11) is 1.48. The molecule has 1 unspecified atom stereocenters. The van der Waals surface area contributed by atoms with Crippen LogP contribution in [0.3, 0.4) is 0 Å². The van der Waals surface area contributed by atoms with Crippen molar-refractivity contribution in [3.63, 3.8) is 0 Å². The molecule has 5 N–H and O–H groups in total. The second-order valence-electron chi connectivity index (χ2n) is 3.30. The molecule has 0 fully saturated rings. The van der Waals surface area contributed by atoms with Crippen LogP contribution in [-0.4, -0.2) is 54.5 Å². The number of ether oxygens (including phenoxy) is 1. The minimum absolute atomic E-state index is 0.0436. The SMILES string of the molecule is COCCC(N)C(=O)N[C@H](CCO)C(=O)O. The molecule has 0 aliphatic rings. The molecule has 0 aromatic carbocycles. The molecule has 0 aromatic heterocycles. The highest BCUT2D eigenvalue weighted by Crippen LogP contribution is 1.95. The Kier molecular flexibility index (Phi) is 7.44. The first-order chi connectivity index (χ1) is 7.52. The number of amides is 1. The molecule has 0 rings (SSSR count). The van der Waals surface area contributed by atoms with E-state index < -0.39 is 24.0 Å². The van der Waals surface area contributed by atoms with Gasteiger partial charge in [0.2, 0.25) is 5.91 Å². The van der Waals surface area contributed by atoms with Crippen LogP contribution < -0.4 is 11.1 Å². The Morgan fingerprint density at radius 2 is 2.06 bits per heavy atom. The van der Waals surface area contributed by atoms with Crippen molar-refractivity contribution in [3.8, 4) is 0 Å². The summed E-state index contributed by atoms with van der Waals surface area (Å²) in [6, 6.07) is -1.91. The molecule has 0 radical (unpaired) electrons. The number of carboxylic acid groups (broad SMARTS) is 1. The van der Waals surface area contributed by atoms with Gasteiger partial charge in [0.1, 0.15) is 6.04 Å². The molecular formula is C9H18N2O5. The van der Waals surface area contributed by atoms with Gasteiger partial charge in [0.15, 0.2) is 0 Å². The first-order valence-corrected chi connectivity index (χ1v) is 4.91. The highest BCUT2D eigenvalue weighted by molar-refractivity contribution is 5.86. The number of aliphatic carboxylic acids is 1. The molecule has 7 heteroatoms. The van der Waals surface area contributed by atoms with Crippen LogP contribution in [-0.2, 0) is 14.3 Å². The van der Waals surface area contributed by atoms with Gasteiger partial charge in [-0.25, -0.2) is 4.79 Å². The van der Waals surface area contributed by atoms with E-state index in [1.807, 2.05) is 0 Å². The Hall–Kier alpha value is -1.18. The van der Waals surface area contributed by atoms with E-state index in [-0.39, 0.29) is 13.0 Å². The van der Waals surface area contributed by atoms with Crippen molar-refractivity contribution in [1.82, 2.24) is 5.32 Å². The molecule has 16 heavy (non-hydrogen) atoms. The third-order valence-electron chi connectivity index (χ3n) is 2.00. The summed E-state index contributed by atoms with van der Waals surface area (Å²) in [6.07, 6.45) is 0.270. The second kappa shape index (κ2) is 8.03. The number of aliphatic hydroxyl groups is 1. The van der Waals surface area contributed by atoms with Crippen molar-refractivity contribution in [2.75, 3.05) is 20.3 Å². The number of nitrogens with two attached hydrogens (primary N) is 1. The fraction of sp³-hybridized carbons (Fsp3) is 0.778. The molecular weight excluding hydrogens is 216 g/mol. The lowest BCUT2D eigenvalue weighted by Gasteiger charge is -2.16. The highest BCUT2D eigenvalue weighted by Gasteiger charge is 2.22. The number of rotatable bonds is 8. The summed E-state index contributed by atoms with van der Waals surface area (Å²) in [4.78, 5) is 22.1. The molecule has 0 heterocycles. The van der Waals surface area contributed by atoms with Crippen molar-refractivity contribution >= 4 is 11.9 Å².